The van der Waals surface area contributed by atoms with Crippen molar-refractivity contribution in [3.05, 3.63) is 76.4 Å². The number of fused-ring (bicyclic) bond motifs is 1. The van der Waals surface area contributed by atoms with Crippen molar-refractivity contribution in [1.29, 1.82) is 0 Å². The summed E-state index contributed by atoms with van der Waals surface area (Å²) in [6.07, 6.45) is 0.111. The van der Waals surface area contributed by atoms with Gasteiger partial charge in [-0.05, 0) is 30.3 Å². The Morgan fingerprint density at radius 3 is 2.64 bits per heavy atom. The molecule has 126 valence electrons. The van der Waals surface area contributed by atoms with E-state index < -0.39 is 17.9 Å². The average Bonchev–Trinajstić information content (AvgIpc) is 2.61. The van der Waals surface area contributed by atoms with Gasteiger partial charge < -0.3 is 10.4 Å². The van der Waals surface area contributed by atoms with Gasteiger partial charge in [0.25, 0.3) is 5.91 Å². The summed E-state index contributed by atoms with van der Waals surface area (Å²) in [4.78, 5) is 28.3. The van der Waals surface area contributed by atoms with Crippen molar-refractivity contribution in [2.24, 2.45) is 0 Å². The van der Waals surface area contributed by atoms with Crippen LogP contribution < -0.4 is 5.32 Å². The van der Waals surface area contributed by atoms with Gasteiger partial charge in [-0.15, -0.1) is 0 Å². The molecule has 0 aliphatic heterocycles. The van der Waals surface area contributed by atoms with Crippen LogP contribution in [-0.2, 0) is 11.2 Å². The second-order valence-electron chi connectivity index (χ2n) is 5.57. The number of carboxylic acid groups (broad SMARTS) is 1. The number of hydrogen-bond acceptors (Lipinski definition) is 3. The number of halogens is 1. The standard InChI is InChI=1S/C19H15BrN2O3/c20-14-6-3-5-13(10-14)18(23)22-17(19(24)25)11-15-9-8-12-4-1-2-7-16(12)21-15/h1-10,17H,11H2,(H,22,23)(H,24,25)/t17-/m1/s1. The minimum absolute atomic E-state index is 0.111. The fourth-order valence-electron chi connectivity index (χ4n) is 2.50. The summed E-state index contributed by atoms with van der Waals surface area (Å²) in [6, 6.07) is 17.0. The number of pyridine rings is 1. The Bertz CT molecular complexity index is 943. The van der Waals surface area contributed by atoms with Crippen molar-refractivity contribution in [3.63, 3.8) is 0 Å². The van der Waals surface area contributed by atoms with Crippen LogP contribution in [0, 0.1) is 0 Å². The average molecular weight is 399 g/mol. The van der Waals surface area contributed by atoms with E-state index in [4.69, 9.17) is 0 Å². The molecule has 3 rings (SSSR count). The third-order valence-electron chi connectivity index (χ3n) is 3.76. The summed E-state index contributed by atoms with van der Waals surface area (Å²) in [7, 11) is 0. The van der Waals surface area contributed by atoms with Gasteiger partial charge >= 0.3 is 5.97 Å². The van der Waals surface area contributed by atoms with E-state index in [9.17, 15) is 14.7 Å². The minimum Gasteiger partial charge on any atom is -0.480 e. The number of carbonyl (C=O) groups excluding carboxylic acids is 1. The van der Waals surface area contributed by atoms with Gasteiger partial charge in [-0.2, -0.15) is 0 Å². The maximum absolute atomic E-state index is 12.3. The van der Waals surface area contributed by atoms with E-state index in [0.717, 1.165) is 15.4 Å². The molecule has 0 saturated carbocycles. The molecule has 0 aliphatic carbocycles. The van der Waals surface area contributed by atoms with Crippen LogP contribution in [0.1, 0.15) is 16.1 Å². The zero-order valence-electron chi connectivity index (χ0n) is 13.1. The first-order valence-corrected chi connectivity index (χ1v) is 8.46. The lowest BCUT2D eigenvalue weighted by molar-refractivity contribution is -0.139. The molecule has 1 heterocycles. The molecule has 3 aromatic rings. The van der Waals surface area contributed by atoms with E-state index >= 15 is 0 Å². The highest BCUT2D eigenvalue weighted by Crippen LogP contribution is 2.14. The number of aliphatic carboxylic acids is 1. The maximum atomic E-state index is 12.3. The van der Waals surface area contributed by atoms with Crippen LogP contribution in [0.3, 0.4) is 0 Å². The smallest absolute Gasteiger partial charge is 0.326 e. The van der Waals surface area contributed by atoms with Gasteiger partial charge in [-0.1, -0.05) is 46.3 Å². The van der Waals surface area contributed by atoms with Gasteiger partial charge in [0.1, 0.15) is 6.04 Å². The lowest BCUT2D eigenvalue weighted by Gasteiger charge is -2.14. The van der Waals surface area contributed by atoms with Gasteiger partial charge in [0, 0.05) is 27.5 Å². The number of aromatic nitrogens is 1. The molecule has 0 fully saturated rings. The highest BCUT2D eigenvalue weighted by Gasteiger charge is 2.22. The van der Waals surface area contributed by atoms with Crippen molar-refractivity contribution >= 4 is 38.7 Å². The molecule has 1 atom stereocenters. The van der Waals surface area contributed by atoms with Crippen molar-refractivity contribution in [2.45, 2.75) is 12.5 Å². The molecular formula is C19H15BrN2O3. The summed E-state index contributed by atoms with van der Waals surface area (Å²) in [6.45, 7) is 0. The maximum Gasteiger partial charge on any atom is 0.326 e. The molecule has 0 bridgehead atoms. The van der Waals surface area contributed by atoms with Gasteiger partial charge in [0.05, 0.1) is 5.52 Å². The molecular weight excluding hydrogens is 384 g/mol. The van der Waals surface area contributed by atoms with Crippen LogP contribution >= 0.6 is 15.9 Å². The molecule has 0 radical (unpaired) electrons. The first-order valence-electron chi connectivity index (χ1n) is 7.67. The first kappa shape index (κ1) is 17.1. The molecule has 1 aromatic heterocycles. The van der Waals surface area contributed by atoms with Crippen molar-refractivity contribution in [2.75, 3.05) is 0 Å². The second-order valence-corrected chi connectivity index (χ2v) is 6.49. The Morgan fingerprint density at radius 2 is 1.88 bits per heavy atom. The summed E-state index contributed by atoms with van der Waals surface area (Å²) in [5.74, 6) is -1.53. The Balaban J connectivity index is 1.78. The third kappa shape index (κ3) is 4.22. The van der Waals surface area contributed by atoms with E-state index in [2.05, 4.69) is 26.2 Å². The van der Waals surface area contributed by atoms with Crippen LogP contribution in [0.4, 0.5) is 0 Å². The number of para-hydroxylation sites is 1. The number of nitrogens with zero attached hydrogens (tertiary/aromatic N) is 1. The van der Waals surface area contributed by atoms with Crippen LogP contribution in [-0.4, -0.2) is 28.0 Å². The summed E-state index contributed by atoms with van der Waals surface area (Å²) in [5, 5.41) is 13.0. The molecule has 2 aromatic carbocycles. The second kappa shape index (κ2) is 7.44. The van der Waals surface area contributed by atoms with Crippen LogP contribution in [0.25, 0.3) is 10.9 Å². The highest BCUT2D eigenvalue weighted by molar-refractivity contribution is 9.10. The van der Waals surface area contributed by atoms with E-state index in [-0.39, 0.29) is 6.42 Å². The summed E-state index contributed by atoms with van der Waals surface area (Å²) < 4.78 is 0.753. The van der Waals surface area contributed by atoms with E-state index in [1.807, 2.05) is 30.3 Å². The van der Waals surface area contributed by atoms with Crippen LogP contribution in [0.2, 0.25) is 0 Å². The molecule has 0 unspecified atom stereocenters. The Hall–Kier alpha value is -2.73. The molecule has 2 N–H and O–H groups in total. The Labute approximate surface area is 152 Å². The number of nitrogens with one attached hydrogen (secondary N) is 1. The SMILES string of the molecule is O=C(N[C@H](Cc1ccc2ccccc2n1)C(=O)O)c1cccc(Br)c1. The quantitative estimate of drug-likeness (QED) is 0.689. The van der Waals surface area contributed by atoms with Crippen LogP contribution in [0.5, 0.6) is 0 Å². The van der Waals surface area contributed by atoms with Gasteiger partial charge in [-0.25, -0.2) is 4.79 Å². The first-order chi connectivity index (χ1) is 12.0. The normalized spacial score (nSPS) is 11.9. The largest absolute Gasteiger partial charge is 0.480 e. The van der Waals surface area contributed by atoms with Gasteiger partial charge in [0.15, 0.2) is 0 Å². The summed E-state index contributed by atoms with van der Waals surface area (Å²) >= 11 is 3.30. The predicted molar refractivity (Wildman–Crippen MR) is 98.5 cm³/mol. The Kier molecular flexibility index (Phi) is 5.09. The number of carbonyl (C=O) groups is 2. The van der Waals surface area contributed by atoms with Crippen molar-refractivity contribution in [1.82, 2.24) is 10.3 Å². The van der Waals surface area contributed by atoms with Crippen molar-refractivity contribution in [3.8, 4) is 0 Å². The Morgan fingerprint density at radius 1 is 1.08 bits per heavy atom. The van der Waals surface area contributed by atoms with Gasteiger partial charge in [0.2, 0.25) is 0 Å². The van der Waals surface area contributed by atoms with Crippen molar-refractivity contribution < 1.29 is 14.7 Å². The van der Waals surface area contributed by atoms with E-state index in [1.165, 1.54) is 0 Å². The van der Waals surface area contributed by atoms with E-state index in [0.29, 0.717) is 11.3 Å². The number of benzene rings is 2. The fourth-order valence-corrected chi connectivity index (χ4v) is 2.90. The molecule has 0 spiro atoms. The molecule has 0 saturated heterocycles. The number of hydrogen-bond donors (Lipinski definition) is 2. The molecule has 6 heteroatoms. The number of amides is 1. The number of rotatable bonds is 5. The zero-order chi connectivity index (χ0) is 17.8. The molecule has 0 aliphatic rings. The number of carboxylic acids is 1. The van der Waals surface area contributed by atoms with E-state index in [1.54, 1.807) is 30.3 Å². The monoisotopic (exact) mass is 398 g/mol. The molecule has 25 heavy (non-hydrogen) atoms. The minimum atomic E-state index is -1.10. The highest BCUT2D eigenvalue weighted by atomic mass is 79.9. The lowest BCUT2D eigenvalue weighted by atomic mass is 10.1. The molecule has 5 nitrogen and oxygen atoms in total. The third-order valence-corrected chi connectivity index (χ3v) is 4.25. The topological polar surface area (TPSA) is 79.3 Å². The predicted octanol–water partition coefficient (Wildman–Crippen LogP) is 3.42. The molecule has 1 amide bonds. The summed E-state index contributed by atoms with van der Waals surface area (Å²) in [5.41, 5.74) is 1.80. The lowest BCUT2D eigenvalue weighted by Crippen LogP contribution is -2.42. The fraction of sp³-hybridized carbons (Fsp3) is 0.105. The zero-order valence-corrected chi connectivity index (χ0v) is 14.7. The van der Waals surface area contributed by atoms with Gasteiger partial charge in [-0.3, -0.25) is 9.78 Å². The van der Waals surface area contributed by atoms with Crippen LogP contribution in [0.15, 0.2) is 65.1 Å².